The van der Waals surface area contributed by atoms with E-state index >= 15 is 0 Å². The van der Waals surface area contributed by atoms with Crippen LogP contribution in [0.25, 0.3) is 0 Å². The number of benzene rings is 2. The molecule has 158 valence electrons. The normalized spacial score (nSPS) is 18.9. The number of halogens is 2. The number of rotatable bonds is 7. The number of hydrogen-bond donors (Lipinski definition) is 0. The molecule has 0 saturated heterocycles. The first kappa shape index (κ1) is 22.6. The summed E-state index contributed by atoms with van der Waals surface area (Å²) in [7, 11) is 0. The summed E-state index contributed by atoms with van der Waals surface area (Å²) in [5.74, 6) is 7.38. The second-order valence-corrected chi connectivity index (χ2v) is 8.89. The Morgan fingerprint density at radius 1 is 0.933 bits per heavy atom. The Labute approximate surface area is 186 Å². The van der Waals surface area contributed by atoms with Crippen molar-refractivity contribution in [1.29, 1.82) is 0 Å². The van der Waals surface area contributed by atoms with Gasteiger partial charge in [0.2, 0.25) is 0 Å². The van der Waals surface area contributed by atoms with Crippen molar-refractivity contribution in [3.8, 4) is 11.8 Å². The van der Waals surface area contributed by atoms with Gasteiger partial charge in [0.05, 0.1) is 5.56 Å². The zero-order chi connectivity index (χ0) is 21.2. The van der Waals surface area contributed by atoms with Crippen LogP contribution in [0.2, 0.25) is 5.02 Å². The van der Waals surface area contributed by atoms with E-state index in [4.69, 9.17) is 11.6 Å². The van der Waals surface area contributed by atoms with Gasteiger partial charge in [0, 0.05) is 10.6 Å². The maximum atomic E-state index is 13.8. The minimum atomic E-state index is -0.376. The first-order chi connectivity index (χ1) is 14.6. The van der Waals surface area contributed by atoms with Gasteiger partial charge in [0.25, 0.3) is 0 Å². The lowest BCUT2D eigenvalue weighted by molar-refractivity contribution is 0.254. The van der Waals surface area contributed by atoms with Gasteiger partial charge in [0.1, 0.15) is 5.82 Å². The molecule has 2 aromatic rings. The van der Waals surface area contributed by atoms with Gasteiger partial charge in [-0.25, -0.2) is 4.39 Å². The Kier molecular flexibility index (Phi) is 9.03. The smallest absolute Gasteiger partial charge is 0.140 e. The van der Waals surface area contributed by atoms with Crippen LogP contribution in [0.15, 0.2) is 54.6 Å². The molecular formula is C28H32ClF. The summed E-state index contributed by atoms with van der Waals surface area (Å²) in [6.45, 7) is 2.20. The van der Waals surface area contributed by atoms with Gasteiger partial charge in [-0.1, -0.05) is 80.3 Å². The molecule has 0 aliphatic heterocycles. The Hall–Kier alpha value is -2.04. The highest BCUT2D eigenvalue weighted by Gasteiger charge is 2.20. The summed E-state index contributed by atoms with van der Waals surface area (Å²) in [6, 6.07) is 13.0. The van der Waals surface area contributed by atoms with Gasteiger partial charge in [-0.15, -0.1) is 0 Å². The second kappa shape index (κ2) is 12.0. The maximum absolute atomic E-state index is 13.8. The highest BCUT2D eigenvalue weighted by molar-refractivity contribution is 6.30. The molecule has 0 unspecified atom stereocenters. The minimum Gasteiger partial charge on any atom is -0.206 e. The van der Waals surface area contributed by atoms with Gasteiger partial charge in [-0.05, 0) is 79.8 Å². The highest BCUT2D eigenvalue weighted by Crippen LogP contribution is 2.34. The monoisotopic (exact) mass is 422 g/mol. The maximum Gasteiger partial charge on any atom is 0.140 e. The minimum absolute atomic E-state index is 0.375. The molecule has 0 nitrogen and oxygen atoms in total. The zero-order valence-corrected chi connectivity index (χ0v) is 18.7. The van der Waals surface area contributed by atoms with E-state index in [2.05, 4.69) is 43.0 Å². The molecule has 0 bridgehead atoms. The Morgan fingerprint density at radius 2 is 1.63 bits per heavy atom. The van der Waals surface area contributed by atoms with Crippen LogP contribution in [-0.2, 0) is 6.42 Å². The summed E-state index contributed by atoms with van der Waals surface area (Å²) >= 11 is 5.78. The Bertz CT molecular complexity index is 877. The van der Waals surface area contributed by atoms with Gasteiger partial charge >= 0.3 is 0 Å². The van der Waals surface area contributed by atoms with Crippen LogP contribution in [0.3, 0.4) is 0 Å². The lowest BCUT2D eigenvalue weighted by Crippen LogP contribution is -2.15. The van der Waals surface area contributed by atoms with E-state index in [0.717, 1.165) is 30.2 Å². The fourth-order valence-corrected chi connectivity index (χ4v) is 4.44. The lowest BCUT2D eigenvalue weighted by atomic mass is 9.78. The molecule has 1 aliphatic rings. The topological polar surface area (TPSA) is 0 Å². The summed E-state index contributed by atoms with van der Waals surface area (Å²) < 4.78 is 13.8. The van der Waals surface area contributed by atoms with Crippen LogP contribution < -0.4 is 0 Å². The Morgan fingerprint density at radius 3 is 2.30 bits per heavy atom. The highest BCUT2D eigenvalue weighted by atomic mass is 35.5. The van der Waals surface area contributed by atoms with Crippen molar-refractivity contribution in [1.82, 2.24) is 0 Å². The van der Waals surface area contributed by atoms with E-state index < -0.39 is 0 Å². The van der Waals surface area contributed by atoms with Crippen molar-refractivity contribution >= 4 is 11.6 Å². The molecule has 3 rings (SSSR count). The third kappa shape index (κ3) is 7.33. The van der Waals surface area contributed by atoms with Gasteiger partial charge in [0.15, 0.2) is 0 Å². The molecule has 2 heteroatoms. The average molecular weight is 423 g/mol. The molecular weight excluding hydrogens is 391 g/mol. The molecule has 0 N–H and O–H groups in total. The number of allylic oxidation sites excluding steroid dienone is 2. The van der Waals surface area contributed by atoms with Crippen LogP contribution in [0, 0.1) is 29.5 Å². The molecule has 1 aliphatic carbocycles. The first-order valence-electron chi connectivity index (χ1n) is 11.3. The fraction of sp³-hybridized carbons (Fsp3) is 0.429. The van der Waals surface area contributed by atoms with Crippen molar-refractivity contribution in [3.63, 3.8) is 0 Å². The van der Waals surface area contributed by atoms with Crippen LogP contribution in [-0.4, -0.2) is 0 Å². The second-order valence-electron chi connectivity index (χ2n) is 8.45. The van der Waals surface area contributed by atoms with E-state index in [1.54, 1.807) is 12.1 Å². The molecule has 1 fully saturated rings. The average Bonchev–Trinajstić information content (AvgIpc) is 2.76. The lowest BCUT2D eigenvalue weighted by Gasteiger charge is -2.28. The summed E-state index contributed by atoms with van der Waals surface area (Å²) in [4.78, 5) is 0. The van der Waals surface area contributed by atoms with Crippen LogP contribution >= 0.6 is 11.6 Å². The number of hydrogen-bond acceptors (Lipinski definition) is 0. The molecule has 0 heterocycles. The van der Waals surface area contributed by atoms with Gasteiger partial charge < -0.3 is 0 Å². The van der Waals surface area contributed by atoms with Crippen LogP contribution in [0.5, 0.6) is 0 Å². The third-order valence-corrected chi connectivity index (χ3v) is 6.41. The summed E-state index contributed by atoms with van der Waals surface area (Å²) in [5, 5.41) is 0.389. The van der Waals surface area contributed by atoms with Gasteiger partial charge in [-0.2, -0.15) is 0 Å². The predicted molar refractivity (Wildman–Crippen MR) is 126 cm³/mol. The summed E-state index contributed by atoms with van der Waals surface area (Å²) in [6.07, 6.45) is 16.4. The van der Waals surface area contributed by atoms with Crippen LogP contribution in [0.1, 0.15) is 75.0 Å². The van der Waals surface area contributed by atoms with E-state index in [1.165, 1.54) is 56.6 Å². The SMILES string of the molecule is CC/C=C/CCC1CCC(CCc2ccc(C#Cc3ccc(Cl)cc3F)cc2)CC1. The van der Waals surface area contributed by atoms with Crippen molar-refractivity contribution in [3.05, 3.63) is 82.1 Å². The van der Waals surface area contributed by atoms with E-state index in [1.807, 2.05) is 12.1 Å². The molecule has 2 aromatic carbocycles. The standard InChI is InChI=1S/C28H32ClF/c1-2-3-4-5-6-22-7-9-23(10-8-22)11-12-24-13-15-25(16-14-24)17-18-26-19-20-27(29)21-28(26)30/h3-4,13-16,19-23H,2,5-12H2,1H3/b4-3+. The van der Waals surface area contributed by atoms with Crippen LogP contribution in [0.4, 0.5) is 4.39 Å². The quantitative estimate of drug-likeness (QED) is 0.310. The predicted octanol–water partition coefficient (Wildman–Crippen LogP) is 8.36. The molecule has 0 radical (unpaired) electrons. The molecule has 30 heavy (non-hydrogen) atoms. The molecule has 0 aromatic heterocycles. The Balaban J connectivity index is 1.42. The van der Waals surface area contributed by atoms with Crippen molar-refractivity contribution in [2.45, 2.75) is 64.7 Å². The summed E-state index contributed by atoms with van der Waals surface area (Å²) in [5.41, 5.74) is 2.65. The largest absolute Gasteiger partial charge is 0.206 e. The van der Waals surface area contributed by atoms with Crippen molar-refractivity contribution < 1.29 is 4.39 Å². The van der Waals surface area contributed by atoms with E-state index in [-0.39, 0.29) is 5.82 Å². The number of aryl methyl sites for hydroxylation is 1. The molecule has 0 amide bonds. The molecule has 0 spiro atoms. The molecule has 0 atom stereocenters. The third-order valence-electron chi connectivity index (χ3n) is 6.18. The molecule has 1 saturated carbocycles. The van der Waals surface area contributed by atoms with Gasteiger partial charge in [-0.3, -0.25) is 0 Å². The first-order valence-corrected chi connectivity index (χ1v) is 11.7. The zero-order valence-electron chi connectivity index (χ0n) is 18.0. The fourth-order valence-electron chi connectivity index (χ4n) is 4.28. The van der Waals surface area contributed by atoms with E-state index in [0.29, 0.717) is 10.6 Å². The van der Waals surface area contributed by atoms with Crippen molar-refractivity contribution in [2.75, 3.05) is 0 Å². The van der Waals surface area contributed by atoms with Crippen molar-refractivity contribution in [2.24, 2.45) is 11.8 Å². The van der Waals surface area contributed by atoms with E-state index in [9.17, 15) is 4.39 Å².